The number of aromatic amines is 1. The number of anilines is 2. The van der Waals surface area contributed by atoms with Crippen molar-refractivity contribution in [3.05, 3.63) is 29.3 Å². The maximum absolute atomic E-state index is 5.94. The molecule has 0 amide bonds. The van der Waals surface area contributed by atoms with Gasteiger partial charge in [0.05, 0.1) is 24.1 Å². The molecular formula is C11H12N6S2. The van der Waals surface area contributed by atoms with Crippen molar-refractivity contribution in [3.8, 4) is 10.6 Å². The maximum atomic E-state index is 5.94. The van der Waals surface area contributed by atoms with E-state index in [-0.39, 0.29) is 0 Å². The Morgan fingerprint density at radius 1 is 1.47 bits per heavy atom. The number of nitrogens with one attached hydrogen (secondary N) is 2. The summed E-state index contributed by atoms with van der Waals surface area (Å²) >= 11 is 2.92. The molecule has 3 heterocycles. The first kappa shape index (κ1) is 12.1. The van der Waals surface area contributed by atoms with Crippen LogP contribution in [0.4, 0.5) is 10.8 Å². The van der Waals surface area contributed by atoms with E-state index in [2.05, 4.69) is 24.6 Å². The van der Waals surface area contributed by atoms with E-state index in [9.17, 15) is 0 Å². The molecule has 0 aliphatic carbocycles. The first-order valence-corrected chi connectivity index (χ1v) is 7.28. The third-order valence-electron chi connectivity index (χ3n) is 2.55. The predicted octanol–water partition coefficient (Wildman–Crippen LogP) is 2.49. The predicted molar refractivity (Wildman–Crippen MR) is 78.3 cm³/mol. The molecule has 0 saturated heterocycles. The Morgan fingerprint density at radius 2 is 2.37 bits per heavy atom. The van der Waals surface area contributed by atoms with Crippen molar-refractivity contribution in [1.82, 2.24) is 19.3 Å². The van der Waals surface area contributed by atoms with Crippen molar-refractivity contribution in [2.75, 3.05) is 11.1 Å². The van der Waals surface area contributed by atoms with Crippen LogP contribution < -0.4 is 11.1 Å². The SMILES string of the molecule is Cc1csc(-c2c(N)nsc2NCc2cnc[nH]2)n1. The van der Waals surface area contributed by atoms with Crippen molar-refractivity contribution in [2.24, 2.45) is 0 Å². The lowest BCUT2D eigenvalue weighted by atomic mass is 10.3. The standard InChI is InChI=1S/C11H12N6S2/c1-6-4-18-11(16-6)8-9(12)17-19-10(8)14-3-7-2-13-5-15-7/h2,4-5,14H,3H2,1H3,(H2,12,17)(H,13,15). The van der Waals surface area contributed by atoms with Gasteiger partial charge in [-0.2, -0.15) is 4.37 Å². The minimum absolute atomic E-state index is 0.520. The average molecular weight is 292 g/mol. The van der Waals surface area contributed by atoms with Gasteiger partial charge in [0.2, 0.25) is 0 Å². The van der Waals surface area contributed by atoms with Gasteiger partial charge in [0.25, 0.3) is 0 Å². The highest BCUT2D eigenvalue weighted by molar-refractivity contribution is 7.15. The number of hydrogen-bond donors (Lipinski definition) is 3. The van der Waals surface area contributed by atoms with Crippen molar-refractivity contribution < 1.29 is 0 Å². The Bertz CT molecular complexity index is 669. The summed E-state index contributed by atoms with van der Waals surface area (Å²) in [5, 5.41) is 7.15. The van der Waals surface area contributed by atoms with Gasteiger partial charge in [0, 0.05) is 17.3 Å². The lowest BCUT2D eigenvalue weighted by Crippen LogP contribution is -1.99. The third-order valence-corrected chi connectivity index (χ3v) is 4.34. The van der Waals surface area contributed by atoms with E-state index in [0.717, 1.165) is 27.0 Å². The van der Waals surface area contributed by atoms with Crippen LogP contribution >= 0.6 is 22.9 Å². The third kappa shape index (κ3) is 2.45. The largest absolute Gasteiger partial charge is 0.382 e. The number of aromatic nitrogens is 4. The van der Waals surface area contributed by atoms with Gasteiger partial charge in [0.15, 0.2) is 0 Å². The van der Waals surface area contributed by atoms with Gasteiger partial charge in [-0.3, -0.25) is 0 Å². The van der Waals surface area contributed by atoms with Crippen molar-refractivity contribution >= 4 is 33.7 Å². The molecule has 0 aliphatic heterocycles. The minimum atomic E-state index is 0.520. The fraction of sp³-hybridized carbons (Fsp3) is 0.182. The Hall–Kier alpha value is -1.93. The lowest BCUT2D eigenvalue weighted by Gasteiger charge is -2.03. The highest BCUT2D eigenvalue weighted by Crippen LogP contribution is 2.38. The summed E-state index contributed by atoms with van der Waals surface area (Å²) in [4.78, 5) is 11.5. The van der Waals surface area contributed by atoms with E-state index >= 15 is 0 Å². The number of aryl methyl sites for hydroxylation is 1. The molecule has 0 spiro atoms. The molecule has 8 heteroatoms. The number of imidazole rings is 1. The molecule has 0 atom stereocenters. The molecule has 0 bridgehead atoms. The smallest absolute Gasteiger partial charge is 0.149 e. The van der Waals surface area contributed by atoms with Gasteiger partial charge >= 0.3 is 0 Å². The van der Waals surface area contributed by atoms with Gasteiger partial charge in [0.1, 0.15) is 15.8 Å². The second kappa shape index (κ2) is 4.98. The molecular weight excluding hydrogens is 280 g/mol. The fourth-order valence-electron chi connectivity index (χ4n) is 1.66. The highest BCUT2D eigenvalue weighted by Gasteiger charge is 2.16. The minimum Gasteiger partial charge on any atom is -0.382 e. The number of hydrogen-bond acceptors (Lipinski definition) is 7. The zero-order valence-electron chi connectivity index (χ0n) is 10.2. The summed E-state index contributed by atoms with van der Waals surface area (Å²) < 4.78 is 4.20. The first-order valence-electron chi connectivity index (χ1n) is 5.63. The molecule has 0 saturated carbocycles. The second-order valence-corrected chi connectivity index (χ2v) is 5.63. The van der Waals surface area contributed by atoms with Crippen LogP contribution in [0.25, 0.3) is 10.6 Å². The number of nitrogens with two attached hydrogens (primary N) is 1. The molecule has 0 unspecified atom stereocenters. The summed E-state index contributed by atoms with van der Waals surface area (Å²) in [5.74, 6) is 0.520. The topological polar surface area (TPSA) is 92.5 Å². The molecule has 19 heavy (non-hydrogen) atoms. The molecule has 0 radical (unpaired) electrons. The van der Waals surface area contributed by atoms with Gasteiger partial charge in [-0.25, -0.2) is 9.97 Å². The summed E-state index contributed by atoms with van der Waals surface area (Å²) in [7, 11) is 0. The van der Waals surface area contributed by atoms with Crippen LogP contribution in [0.2, 0.25) is 0 Å². The van der Waals surface area contributed by atoms with Crippen molar-refractivity contribution in [2.45, 2.75) is 13.5 Å². The number of thiazole rings is 1. The fourth-order valence-corrected chi connectivity index (χ4v) is 3.29. The van der Waals surface area contributed by atoms with Crippen LogP contribution in [0.1, 0.15) is 11.4 Å². The number of rotatable bonds is 4. The molecule has 0 aliphatic rings. The quantitative estimate of drug-likeness (QED) is 0.687. The Balaban J connectivity index is 1.86. The van der Waals surface area contributed by atoms with E-state index in [1.165, 1.54) is 11.5 Å². The van der Waals surface area contributed by atoms with Crippen LogP contribution in [-0.4, -0.2) is 19.3 Å². The Kier molecular flexibility index (Phi) is 3.18. The molecule has 3 aromatic rings. The number of H-pyrrole nitrogens is 1. The monoisotopic (exact) mass is 292 g/mol. The van der Waals surface area contributed by atoms with Crippen LogP contribution in [-0.2, 0) is 6.54 Å². The van der Waals surface area contributed by atoms with Gasteiger partial charge < -0.3 is 16.0 Å². The zero-order valence-corrected chi connectivity index (χ0v) is 11.8. The molecule has 0 aromatic carbocycles. The normalized spacial score (nSPS) is 10.8. The van der Waals surface area contributed by atoms with E-state index < -0.39 is 0 Å². The summed E-state index contributed by atoms with van der Waals surface area (Å²) in [5.41, 5.74) is 8.83. The van der Waals surface area contributed by atoms with Crippen LogP contribution in [0.15, 0.2) is 17.9 Å². The second-order valence-electron chi connectivity index (χ2n) is 4.00. The van der Waals surface area contributed by atoms with E-state index in [1.807, 2.05) is 12.3 Å². The molecule has 3 aromatic heterocycles. The van der Waals surface area contributed by atoms with Gasteiger partial charge in [-0.1, -0.05) is 0 Å². The van der Waals surface area contributed by atoms with Crippen molar-refractivity contribution in [1.29, 1.82) is 0 Å². The first-order chi connectivity index (χ1) is 9.24. The number of nitrogens with zero attached hydrogens (tertiary/aromatic N) is 3. The maximum Gasteiger partial charge on any atom is 0.149 e. The lowest BCUT2D eigenvalue weighted by molar-refractivity contribution is 1.08. The van der Waals surface area contributed by atoms with Crippen molar-refractivity contribution in [3.63, 3.8) is 0 Å². The summed E-state index contributed by atoms with van der Waals surface area (Å²) in [6.07, 6.45) is 3.44. The zero-order chi connectivity index (χ0) is 13.2. The highest BCUT2D eigenvalue weighted by atomic mass is 32.1. The average Bonchev–Trinajstić information content (AvgIpc) is 3.08. The van der Waals surface area contributed by atoms with Crippen LogP contribution in [0.3, 0.4) is 0 Å². The molecule has 0 fully saturated rings. The van der Waals surface area contributed by atoms with E-state index in [4.69, 9.17) is 5.73 Å². The molecule has 98 valence electrons. The van der Waals surface area contributed by atoms with Gasteiger partial charge in [-0.15, -0.1) is 11.3 Å². The van der Waals surface area contributed by atoms with Crippen LogP contribution in [0, 0.1) is 6.92 Å². The Morgan fingerprint density at radius 3 is 3.05 bits per heavy atom. The molecule has 6 nitrogen and oxygen atoms in total. The summed E-state index contributed by atoms with van der Waals surface area (Å²) in [6.45, 7) is 2.62. The number of nitrogen functional groups attached to an aromatic ring is 1. The van der Waals surface area contributed by atoms with Gasteiger partial charge in [-0.05, 0) is 18.5 Å². The molecule has 4 N–H and O–H groups in total. The van der Waals surface area contributed by atoms with Crippen LogP contribution in [0.5, 0.6) is 0 Å². The van der Waals surface area contributed by atoms with E-state index in [1.54, 1.807) is 23.9 Å². The summed E-state index contributed by atoms with van der Waals surface area (Å²) in [6, 6.07) is 0. The Labute approximate surface area is 117 Å². The molecule has 3 rings (SSSR count). The van der Waals surface area contributed by atoms with E-state index in [0.29, 0.717) is 12.4 Å².